The van der Waals surface area contributed by atoms with E-state index in [-0.39, 0.29) is 18.3 Å². The molecular weight excluding hydrogens is 488 g/mol. The number of nitrogens with one attached hydrogen (secondary N) is 1. The van der Waals surface area contributed by atoms with Crippen LogP contribution in [0.25, 0.3) is 11.2 Å². The fourth-order valence-electron chi connectivity index (χ4n) is 4.45. The highest BCUT2D eigenvalue weighted by atomic mass is 16.6. The van der Waals surface area contributed by atoms with Gasteiger partial charge >= 0.3 is 5.97 Å². The number of nitrogens with zero attached hydrogens (tertiary/aromatic N) is 4. The number of ether oxygens (including phenoxy) is 4. The van der Waals surface area contributed by atoms with Crippen LogP contribution in [0.1, 0.15) is 17.4 Å². The average molecular weight is 519 g/mol. The number of rotatable bonds is 11. The van der Waals surface area contributed by atoms with Crippen molar-refractivity contribution < 1.29 is 23.7 Å². The maximum Gasteiger partial charge on any atom is 0.319 e. The number of methoxy groups -OCH3 is 1. The number of anilines is 1. The van der Waals surface area contributed by atoms with Crippen molar-refractivity contribution >= 4 is 23.0 Å². The lowest BCUT2D eigenvalue weighted by molar-refractivity contribution is -0.139. The zero-order valence-corrected chi connectivity index (χ0v) is 21.0. The fraction of sp³-hybridized carbons (Fsp3) is 0.333. The monoisotopic (exact) mass is 518 g/mol. The molecule has 0 amide bonds. The second-order valence-corrected chi connectivity index (χ2v) is 8.88. The first-order valence-electron chi connectivity index (χ1n) is 12.3. The highest BCUT2D eigenvalue weighted by Crippen LogP contribution is 2.36. The summed E-state index contributed by atoms with van der Waals surface area (Å²) in [5.41, 5.74) is 9.08. The van der Waals surface area contributed by atoms with E-state index in [0.717, 1.165) is 11.1 Å². The van der Waals surface area contributed by atoms with Gasteiger partial charge < -0.3 is 30.0 Å². The Bertz CT molecular complexity index is 1340. The van der Waals surface area contributed by atoms with Crippen molar-refractivity contribution in [3.05, 3.63) is 84.4 Å². The van der Waals surface area contributed by atoms with Gasteiger partial charge in [0.2, 0.25) is 0 Å². The van der Waals surface area contributed by atoms with Crippen LogP contribution in [0.3, 0.4) is 0 Å². The van der Waals surface area contributed by atoms with Gasteiger partial charge in [0, 0.05) is 6.54 Å². The standard InChI is InChI=1S/C27H30N6O5/c1-35-21(34)13-29-12-20-23(36-14-18-8-4-2-5-9-18)24(37-15-19-10-6-3-7-11-19)27(38-20)33-17-32-22-25(28)30-16-31-26(22)33/h2-11,16-17,20,23-24,27,29H,12-15H2,1H3,(H2,28,30,31). The van der Waals surface area contributed by atoms with Crippen LogP contribution in [0, 0.1) is 0 Å². The van der Waals surface area contributed by atoms with Crippen molar-refractivity contribution in [3.63, 3.8) is 0 Å². The Balaban J connectivity index is 1.45. The number of imidazole rings is 1. The van der Waals surface area contributed by atoms with Gasteiger partial charge in [0.05, 0.1) is 33.2 Å². The molecule has 3 heterocycles. The third-order valence-corrected chi connectivity index (χ3v) is 6.36. The summed E-state index contributed by atoms with van der Waals surface area (Å²) in [6.07, 6.45) is 0.930. The van der Waals surface area contributed by atoms with Crippen LogP contribution in [0.15, 0.2) is 73.3 Å². The second kappa shape index (κ2) is 12.1. The Morgan fingerprint density at radius 3 is 2.29 bits per heavy atom. The molecule has 5 rings (SSSR count). The van der Waals surface area contributed by atoms with Crippen molar-refractivity contribution in [2.75, 3.05) is 25.9 Å². The smallest absolute Gasteiger partial charge is 0.319 e. The SMILES string of the molecule is COC(=O)CNCC1OC(n2cnc3c(N)ncnc32)C(OCc2ccccc2)C1OCc1ccccc1. The van der Waals surface area contributed by atoms with E-state index in [1.165, 1.54) is 13.4 Å². The van der Waals surface area contributed by atoms with E-state index in [0.29, 0.717) is 30.9 Å². The first kappa shape index (κ1) is 25.7. The van der Waals surface area contributed by atoms with Gasteiger partial charge in [0.1, 0.15) is 30.2 Å². The molecule has 3 N–H and O–H groups in total. The quantitative estimate of drug-likeness (QED) is 0.285. The van der Waals surface area contributed by atoms with Crippen molar-refractivity contribution in [1.29, 1.82) is 0 Å². The molecule has 2 aromatic heterocycles. The average Bonchev–Trinajstić information content (AvgIpc) is 3.53. The lowest BCUT2D eigenvalue weighted by Gasteiger charge is -2.25. The molecule has 0 radical (unpaired) electrons. The summed E-state index contributed by atoms with van der Waals surface area (Å²) in [5.74, 6) is -0.0902. The predicted octanol–water partition coefficient (Wildman–Crippen LogP) is 2.24. The molecule has 1 fully saturated rings. The van der Waals surface area contributed by atoms with Crippen LogP contribution < -0.4 is 11.1 Å². The van der Waals surface area contributed by atoms with E-state index in [1.807, 2.05) is 60.7 Å². The summed E-state index contributed by atoms with van der Waals surface area (Å²) in [4.78, 5) is 24.6. The number of carbonyl (C=O) groups is 1. The first-order valence-corrected chi connectivity index (χ1v) is 12.3. The van der Waals surface area contributed by atoms with Crippen LogP contribution >= 0.6 is 0 Å². The molecule has 11 nitrogen and oxygen atoms in total. The number of aromatic nitrogens is 4. The number of hydrogen-bond donors (Lipinski definition) is 2. The van der Waals surface area contributed by atoms with Crippen LogP contribution in [0.4, 0.5) is 5.82 Å². The fourth-order valence-corrected chi connectivity index (χ4v) is 4.45. The van der Waals surface area contributed by atoms with Gasteiger partial charge in [-0.3, -0.25) is 9.36 Å². The number of hydrogen-bond acceptors (Lipinski definition) is 10. The number of benzene rings is 2. The van der Waals surface area contributed by atoms with Gasteiger partial charge in [-0.15, -0.1) is 0 Å². The zero-order valence-electron chi connectivity index (χ0n) is 21.0. The Morgan fingerprint density at radius 1 is 0.974 bits per heavy atom. The lowest BCUT2D eigenvalue weighted by atomic mass is 10.1. The van der Waals surface area contributed by atoms with Crippen LogP contribution in [-0.2, 0) is 37.0 Å². The van der Waals surface area contributed by atoms with E-state index in [9.17, 15) is 4.79 Å². The van der Waals surface area contributed by atoms with Gasteiger partial charge in [-0.1, -0.05) is 60.7 Å². The molecule has 4 unspecified atom stereocenters. The molecule has 0 saturated carbocycles. The first-order chi connectivity index (χ1) is 18.6. The van der Waals surface area contributed by atoms with Crippen molar-refractivity contribution in [2.45, 2.75) is 37.8 Å². The minimum Gasteiger partial charge on any atom is -0.468 e. The van der Waals surface area contributed by atoms with Gasteiger partial charge in [0.15, 0.2) is 17.7 Å². The molecule has 11 heteroatoms. The highest BCUT2D eigenvalue weighted by molar-refractivity contribution is 5.81. The molecule has 0 aliphatic carbocycles. The Morgan fingerprint density at radius 2 is 1.63 bits per heavy atom. The number of esters is 1. The number of carbonyl (C=O) groups excluding carboxylic acids is 1. The molecular formula is C27H30N6O5. The second-order valence-electron chi connectivity index (χ2n) is 8.88. The molecule has 1 aliphatic heterocycles. The van der Waals surface area contributed by atoms with E-state index < -0.39 is 24.5 Å². The van der Waals surface area contributed by atoms with Gasteiger partial charge in [-0.25, -0.2) is 15.0 Å². The van der Waals surface area contributed by atoms with Crippen molar-refractivity contribution in [3.8, 4) is 0 Å². The largest absolute Gasteiger partial charge is 0.468 e. The van der Waals surface area contributed by atoms with E-state index in [1.54, 1.807) is 10.9 Å². The molecule has 0 spiro atoms. The molecule has 38 heavy (non-hydrogen) atoms. The summed E-state index contributed by atoms with van der Waals surface area (Å²) in [6, 6.07) is 19.8. The van der Waals surface area contributed by atoms with Gasteiger partial charge in [-0.05, 0) is 11.1 Å². The number of nitrogen functional groups attached to an aromatic ring is 1. The van der Waals surface area contributed by atoms with Crippen molar-refractivity contribution in [2.24, 2.45) is 0 Å². The maximum absolute atomic E-state index is 11.7. The molecule has 2 aromatic carbocycles. The van der Waals surface area contributed by atoms with Crippen molar-refractivity contribution in [1.82, 2.24) is 24.8 Å². The van der Waals surface area contributed by atoms with Crippen LogP contribution in [0.5, 0.6) is 0 Å². The third kappa shape index (κ3) is 5.81. The van der Waals surface area contributed by atoms with E-state index in [4.69, 9.17) is 24.7 Å². The predicted molar refractivity (Wildman–Crippen MR) is 139 cm³/mol. The molecule has 1 aliphatic rings. The van der Waals surface area contributed by atoms with Gasteiger partial charge in [0.25, 0.3) is 0 Å². The Kier molecular flexibility index (Phi) is 8.19. The Labute approximate surface area is 219 Å². The van der Waals surface area contributed by atoms with Crippen LogP contribution in [-0.4, -0.2) is 64.0 Å². The lowest BCUT2D eigenvalue weighted by Crippen LogP contribution is -2.42. The minimum absolute atomic E-state index is 0.0414. The molecule has 198 valence electrons. The molecule has 4 aromatic rings. The topological polar surface area (TPSA) is 136 Å². The summed E-state index contributed by atoms with van der Waals surface area (Å²) in [5, 5.41) is 3.11. The Hall–Kier alpha value is -3.90. The minimum atomic E-state index is -0.622. The van der Waals surface area contributed by atoms with E-state index >= 15 is 0 Å². The van der Waals surface area contributed by atoms with Gasteiger partial charge in [-0.2, -0.15) is 0 Å². The molecule has 4 atom stereocenters. The maximum atomic E-state index is 11.7. The summed E-state index contributed by atoms with van der Waals surface area (Å²) >= 11 is 0. The normalized spacial score (nSPS) is 21.1. The summed E-state index contributed by atoms with van der Waals surface area (Å²) < 4.78 is 26.0. The van der Waals surface area contributed by atoms with E-state index in [2.05, 4.69) is 20.3 Å². The summed E-state index contributed by atoms with van der Waals surface area (Å²) in [6.45, 7) is 1.09. The number of fused-ring (bicyclic) bond motifs is 1. The van der Waals surface area contributed by atoms with Crippen LogP contribution in [0.2, 0.25) is 0 Å². The number of nitrogens with two attached hydrogens (primary N) is 1. The third-order valence-electron chi connectivity index (χ3n) is 6.36. The summed E-state index contributed by atoms with van der Waals surface area (Å²) in [7, 11) is 1.35. The molecule has 0 bridgehead atoms. The highest BCUT2D eigenvalue weighted by Gasteiger charge is 2.47. The zero-order chi connectivity index (χ0) is 26.3. The molecule has 1 saturated heterocycles.